The fraction of sp³-hybridized carbons (Fsp3) is 0.727. The number of benzene rings is 1. The van der Waals surface area contributed by atoms with Crippen LogP contribution in [0.15, 0.2) is 30.3 Å². The summed E-state index contributed by atoms with van der Waals surface area (Å²) in [6, 6.07) is 9.52. The topological polar surface area (TPSA) is 153 Å². The van der Waals surface area contributed by atoms with Gasteiger partial charge in [0.25, 0.3) is 0 Å². The maximum atomic E-state index is 12.5. The molecule has 11 atom stereocenters. The number of carbonyl (C=O) groups is 3. The van der Waals surface area contributed by atoms with Crippen molar-refractivity contribution in [3.8, 4) is 0 Å². The van der Waals surface area contributed by atoms with E-state index in [9.17, 15) is 14.4 Å². The van der Waals surface area contributed by atoms with Crippen molar-refractivity contribution in [2.45, 2.75) is 128 Å². The summed E-state index contributed by atoms with van der Waals surface area (Å²) in [7, 11) is 0. The van der Waals surface area contributed by atoms with Gasteiger partial charge in [-0.25, -0.2) is 0 Å². The van der Waals surface area contributed by atoms with Crippen LogP contribution in [0.1, 0.15) is 60.1 Å². The molecule has 0 saturated carbocycles. The van der Waals surface area contributed by atoms with Crippen LogP contribution in [0.2, 0.25) is 0 Å². The molecular weight excluding hydrogens is 652 g/mol. The van der Waals surface area contributed by atoms with Crippen LogP contribution in [0.3, 0.4) is 0 Å². The molecule has 0 aliphatic carbocycles. The molecule has 48 heavy (non-hydrogen) atoms. The number of ether oxygens (including phenoxy) is 11. The maximum absolute atomic E-state index is 12.5. The van der Waals surface area contributed by atoms with E-state index in [0.717, 1.165) is 5.56 Å². The lowest BCUT2D eigenvalue weighted by Gasteiger charge is -2.46. The number of thioether (sulfide) groups is 1. The summed E-state index contributed by atoms with van der Waals surface area (Å²) < 4.78 is 67.2. The zero-order valence-electron chi connectivity index (χ0n) is 28.5. The highest BCUT2D eigenvalue weighted by atomic mass is 32.2. The van der Waals surface area contributed by atoms with Gasteiger partial charge in [-0.05, 0) is 39.5 Å². The summed E-state index contributed by atoms with van der Waals surface area (Å²) in [6.07, 6.45) is -7.49. The average molecular weight is 699 g/mol. The van der Waals surface area contributed by atoms with Crippen molar-refractivity contribution in [3.63, 3.8) is 0 Å². The molecule has 4 aliphatic heterocycles. The van der Waals surface area contributed by atoms with Gasteiger partial charge in [0.15, 0.2) is 36.4 Å². The molecule has 15 heteroatoms. The molecule has 4 saturated heterocycles. The minimum atomic E-state index is -1.22. The monoisotopic (exact) mass is 698 g/mol. The van der Waals surface area contributed by atoms with Crippen molar-refractivity contribution in [1.29, 1.82) is 0 Å². The molecular formula is C33H46O14S. The summed E-state index contributed by atoms with van der Waals surface area (Å²) in [4.78, 5) is 36.7. The summed E-state index contributed by atoms with van der Waals surface area (Å²) in [5.41, 5.74) is 0.863. The zero-order valence-corrected chi connectivity index (χ0v) is 29.3. The number of rotatable bonds is 12. The second-order valence-electron chi connectivity index (χ2n) is 13.0. The molecule has 0 unspecified atom stereocenters. The Morgan fingerprint density at radius 1 is 0.750 bits per heavy atom. The van der Waals surface area contributed by atoms with Gasteiger partial charge in [-0.15, -0.1) is 0 Å². The number of hydrogen-bond acceptors (Lipinski definition) is 15. The number of esters is 3. The Balaban J connectivity index is 1.47. The molecule has 0 N–H and O–H groups in total. The fourth-order valence-electron chi connectivity index (χ4n) is 6.39. The first-order valence-electron chi connectivity index (χ1n) is 16.0. The van der Waals surface area contributed by atoms with E-state index in [4.69, 9.17) is 52.1 Å². The van der Waals surface area contributed by atoms with Crippen LogP contribution >= 0.6 is 11.8 Å². The van der Waals surface area contributed by atoms with Gasteiger partial charge in [-0.3, -0.25) is 14.4 Å². The van der Waals surface area contributed by atoms with Gasteiger partial charge in [0.1, 0.15) is 43.2 Å². The molecule has 4 aliphatic rings. The Kier molecular flexibility index (Phi) is 11.7. The lowest BCUT2D eigenvalue weighted by Crippen LogP contribution is -2.63. The molecule has 5 rings (SSSR count). The smallest absolute Gasteiger partial charge is 0.303 e. The third kappa shape index (κ3) is 8.87. The zero-order chi connectivity index (χ0) is 34.8. The Morgan fingerprint density at radius 2 is 1.38 bits per heavy atom. The highest BCUT2D eigenvalue weighted by Crippen LogP contribution is 2.44. The number of carbonyl (C=O) groups excluding carboxylic acids is 3. The molecule has 0 aromatic heterocycles. The second kappa shape index (κ2) is 15.3. The van der Waals surface area contributed by atoms with Crippen LogP contribution < -0.4 is 0 Å². The van der Waals surface area contributed by atoms with Crippen LogP contribution in [0.5, 0.6) is 0 Å². The van der Waals surface area contributed by atoms with Crippen LogP contribution in [0.4, 0.5) is 0 Å². The predicted octanol–water partition coefficient (Wildman–Crippen LogP) is 3.04. The van der Waals surface area contributed by atoms with E-state index in [1.54, 1.807) is 39.5 Å². The first-order chi connectivity index (χ1) is 22.7. The van der Waals surface area contributed by atoms with Gasteiger partial charge < -0.3 is 52.1 Å². The van der Waals surface area contributed by atoms with Crippen molar-refractivity contribution >= 4 is 29.7 Å². The summed E-state index contributed by atoms with van der Waals surface area (Å²) in [6.45, 7) is 10.5. The van der Waals surface area contributed by atoms with Crippen LogP contribution in [0, 0.1) is 0 Å². The van der Waals surface area contributed by atoms with Gasteiger partial charge in [0.2, 0.25) is 0 Å². The van der Waals surface area contributed by atoms with Gasteiger partial charge in [-0.1, -0.05) is 30.3 Å². The van der Waals surface area contributed by atoms with Gasteiger partial charge in [0, 0.05) is 26.5 Å². The first kappa shape index (κ1) is 36.9. The van der Waals surface area contributed by atoms with E-state index in [0.29, 0.717) is 5.75 Å². The highest BCUT2D eigenvalue weighted by Gasteiger charge is 2.61. The van der Waals surface area contributed by atoms with Crippen molar-refractivity contribution in [3.05, 3.63) is 35.9 Å². The Labute approximate surface area is 284 Å². The lowest BCUT2D eigenvalue weighted by molar-refractivity contribution is -0.329. The van der Waals surface area contributed by atoms with E-state index in [1.165, 1.54) is 20.8 Å². The molecule has 0 spiro atoms. The molecule has 0 bridgehead atoms. The van der Waals surface area contributed by atoms with Crippen molar-refractivity contribution in [2.24, 2.45) is 0 Å². The number of hydrogen-bond donors (Lipinski definition) is 0. The van der Waals surface area contributed by atoms with E-state index in [2.05, 4.69) is 0 Å². The lowest BCUT2D eigenvalue weighted by atomic mass is 9.97. The predicted molar refractivity (Wildman–Crippen MR) is 167 cm³/mol. The third-order valence-electron chi connectivity index (χ3n) is 8.13. The molecule has 1 aromatic rings. The van der Waals surface area contributed by atoms with Gasteiger partial charge in [-0.2, -0.15) is 11.8 Å². The minimum absolute atomic E-state index is 0.0953. The SMILES string of the molecule is CSC[C@@H](O[C@H]1[C@@H](OC[C@H]2O[C@@H]3OC(C)(C)O[C@@H]3[C@H]3OC(C)(C)O[C@H]32)O[C@H](COC(C)=O)[C@@H](OC(C)=O)[C@@H]1OC(C)=O)c1ccccc1. The summed E-state index contributed by atoms with van der Waals surface area (Å²) in [5.74, 6) is -3.20. The summed E-state index contributed by atoms with van der Waals surface area (Å²) >= 11 is 1.55. The maximum Gasteiger partial charge on any atom is 0.303 e. The fourth-order valence-corrected chi connectivity index (χ4v) is 6.96. The Bertz CT molecular complexity index is 1280. The average Bonchev–Trinajstić information content (AvgIpc) is 3.50. The van der Waals surface area contributed by atoms with E-state index in [-0.39, 0.29) is 13.2 Å². The van der Waals surface area contributed by atoms with E-state index < -0.39 is 97.0 Å². The largest absolute Gasteiger partial charge is 0.463 e. The van der Waals surface area contributed by atoms with E-state index in [1.807, 2.05) is 36.6 Å². The summed E-state index contributed by atoms with van der Waals surface area (Å²) in [5, 5.41) is 0. The van der Waals surface area contributed by atoms with Crippen molar-refractivity contribution in [1.82, 2.24) is 0 Å². The van der Waals surface area contributed by atoms with E-state index >= 15 is 0 Å². The molecule has 1 aromatic carbocycles. The van der Waals surface area contributed by atoms with Crippen molar-refractivity contribution < 1.29 is 66.5 Å². The molecule has 0 amide bonds. The Morgan fingerprint density at radius 3 is 2.02 bits per heavy atom. The molecule has 0 radical (unpaired) electrons. The van der Waals surface area contributed by atoms with Crippen LogP contribution in [-0.4, -0.2) is 116 Å². The quantitative estimate of drug-likeness (QED) is 0.232. The standard InChI is InChI=1S/C33H46O14S/c1-17(34)37-14-21-24(39-18(2)35)26(40-19(3)36)28(41-23(16-48-8)20-12-10-9-11-13-20)30(42-21)38-15-22-25-27(45-32(4,5)44-25)29-31(43-22)47-33(6,7)46-29/h9-13,21-31H,14-16H2,1-8H3/t21-,22-,23-,24-,25+,26+,27+,28-,29-,30+,31-/m1/s1. The first-order valence-corrected chi connectivity index (χ1v) is 17.4. The van der Waals surface area contributed by atoms with Crippen LogP contribution in [-0.2, 0) is 66.5 Å². The number of fused-ring (bicyclic) bond motifs is 3. The second-order valence-corrected chi connectivity index (χ2v) is 13.9. The highest BCUT2D eigenvalue weighted by molar-refractivity contribution is 7.98. The van der Waals surface area contributed by atoms with Crippen molar-refractivity contribution in [2.75, 3.05) is 25.2 Å². The minimum Gasteiger partial charge on any atom is -0.463 e. The third-order valence-corrected chi connectivity index (χ3v) is 8.77. The molecule has 14 nitrogen and oxygen atoms in total. The van der Waals surface area contributed by atoms with Gasteiger partial charge in [0.05, 0.1) is 12.7 Å². The normalized spacial score (nSPS) is 35.6. The van der Waals surface area contributed by atoms with Crippen LogP contribution in [0.25, 0.3) is 0 Å². The molecule has 268 valence electrons. The molecule has 4 fully saturated rings. The van der Waals surface area contributed by atoms with Gasteiger partial charge >= 0.3 is 17.9 Å². The Hall–Kier alpha value is -2.34. The molecule has 4 heterocycles.